The van der Waals surface area contributed by atoms with Gasteiger partial charge in [-0.2, -0.15) is 0 Å². The van der Waals surface area contributed by atoms with Gasteiger partial charge in [0.05, 0.1) is 4.92 Å². The second kappa shape index (κ2) is 7.92. The number of piperazine rings is 1. The molecule has 0 aliphatic carbocycles. The molecule has 0 spiro atoms. The second-order valence-corrected chi connectivity index (χ2v) is 7.31. The molecule has 1 amide bonds. The van der Waals surface area contributed by atoms with E-state index in [1.807, 2.05) is 4.90 Å². The Labute approximate surface area is 169 Å². The van der Waals surface area contributed by atoms with Crippen molar-refractivity contribution in [1.29, 1.82) is 0 Å². The summed E-state index contributed by atoms with van der Waals surface area (Å²) in [5.41, 5.74) is 1.09. The number of rotatable bonds is 4. The number of aromatic nitrogens is 2. The lowest BCUT2D eigenvalue weighted by Crippen LogP contribution is -2.49. The number of hydrogen-bond acceptors (Lipinski definition) is 7. The molecule has 0 unspecified atom stereocenters. The fourth-order valence-corrected chi connectivity index (χ4v) is 3.87. The van der Waals surface area contributed by atoms with Gasteiger partial charge < -0.3 is 9.80 Å². The predicted molar refractivity (Wildman–Crippen MR) is 107 cm³/mol. The first kappa shape index (κ1) is 18.9. The maximum absolute atomic E-state index is 13.1. The summed E-state index contributed by atoms with van der Waals surface area (Å²) in [4.78, 5) is 35.3. The van der Waals surface area contributed by atoms with Crippen LogP contribution in [0, 0.1) is 15.9 Å². The van der Waals surface area contributed by atoms with Crippen LogP contribution < -0.4 is 4.90 Å². The van der Waals surface area contributed by atoms with Crippen LogP contribution in [-0.4, -0.2) is 51.9 Å². The van der Waals surface area contributed by atoms with Crippen molar-refractivity contribution >= 4 is 28.7 Å². The minimum atomic E-state index is -0.485. The molecule has 10 heteroatoms. The first-order valence-electron chi connectivity index (χ1n) is 8.87. The van der Waals surface area contributed by atoms with Gasteiger partial charge in [-0.1, -0.05) is 0 Å². The molecular formula is C19H16FN5O3S. The van der Waals surface area contributed by atoms with Crippen molar-refractivity contribution in [2.75, 3.05) is 31.1 Å². The number of halogens is 1. The summed E-state index contributed by atoms with van der Waals surface area (Å²) in [6.07, 6.45) is 1.24. The van der Waals surface area contributed by atoms with E-state index in [2.05, 4.69) is 9.97 Å². The summed E-state index contributed by atoms with van der Waals surface area (Å²) in [6, 6.07) is 9.04. The number of thiazole rings is 1. The Kier molecular flexibility index (Phi) is 5.17. The molecule has 3 heterocycles. The van der Waals surface area contributed by atoms with Crippen LogP contribution in [0.1, 0.15) is 10.5 Å². The van der Waals surface area contributed by atoms with Gasteiger partial charge in [0, 0.05) is 43.2 Å². The van der Waals surface area contributed by atoms with Gasteiger partial charge in [0.2, 0.25) is 0 Å². The van der Waals surface area contributed by atoms with Crippen LogP contribution >= 0.6 is 11.3 Å². The van der Waals surface area contributed by atoms with Gasteiger partial charge in [-0.05, 0) is 30.3 Å². The summed E-state index contributed by atoms with van der Waals surface area (Å²) in [7, 11) is 0. The molecule has 2 aromatic heterocycles. The average molecular weight is 413 g/mol. The van der Waals surface area contributed by atoms with E-state index in [9.17, 15) is 19.3 Å². The quantitative estimate of drug-likeness (QED) is 0.482. The molecule has 1 saturated heterocycles. The Morgan fingerprint density at radius 1 is 1.10 bits per heavy atom. The molecule has 8 nitrogen and oxygen atoms in total. The normalized spacial score (nSPS) is 14.1. The Morgan fingerprint density at radius 2 is 1.83 bits per heavy atom. The summed E-state index contributed by atoms with van der Waals surface area (Å²) < 4.78 is 13.1. The molecule has 1 aliphatic rings. The molecule has 3 aromatic rings. The standard InChI is InChI=1S/C19H16FN5O3S/c20-14-3-1-13(2-4-14)18-22-16(12-29-18)19(26)24-9-7-23(8-10-24)17-6-5-15(11-21-17)25(27)28/h1-6,11-12H,7-10H2. The molecule has 29 heavy (non-hydrogen) atoms. The minimum absolute atomic E-state index is 0.0527. The van der Waals surface area contributed by atoms with Crippen molar-refractivity contribution in [2.24, 2.45) is 0 Å². The zero-order valence-electron chi connectivity index (χ0n) is 15.2. The van der Waals surface area contributed by atoms with Crippen molar-refractivity contribution < 1.29 is 14.1 Å². The molecule has 1 aromatic carbocycles. The number of amides is 1. The molecule has 0 N–H and O–H groups in total. The van der Waals surface area contributed by atoms with Gasteiger partial charge in [0.1, 0.15) is 28.5 Å². The molecule has 0 atom stereocenters. The van der Waals surface area contributed by atoms with E-state index >= 15 is 0 Å². The van der Waals surface area contributed by atoms with Gasteiger partial charge in [-0.15, -0.1) is 11.3 Å². The molecule has 148 valence electrons. The first-order chi connectivity index (χ1) is 14.0. The summed E-state index contributed by atoms with van der Waals surface area (Å²) in [5.74, 6) is 0.183. The molecular weight excluding hydrogens is 397 g/mol. The highest BCUT2D eigenvalue weighted by molar-refractivity contribution is 7.13. The van der Waals surface area contributed by atoms with E-state index in [0.717, 1.165) is 5.56 Å². The molecule has 0 radical (unpaired) electrons. The Morgan fingerprint density at radius 3 is 2.45 bits per heavy atom. The number of pyridine rings is 1. The molecule has 1 fully saturated rings. The number of anilines is 1. The van der Waals surface area contributed by atoms with E-state index in [0.29, 0.717) is 42.7 Å². The SMILES string of the molecule is O=C(c1csc(-c2ccc(F)cc2)n1)N1CCN(c2ccc([N+](=O)[O-])cn2)CC1. The number of carbonyl (C=O) groups excluding carboxylic acids is 1. The first-order valence-corrected chi connectivity index (χ1v) is 9.75. The number of nitro groups is 1. The number of benzene rings is 1. The van der Waals surface area contributed by atoms with Crippen LogP contribution in [0.25, 0.3) is 10.6 Å². The summed E-state index contributed by atoms with van der Waals surface area (Å²) in [6.45, 7) is 2.15. The average Bonchev–Trinajstić information content (AvgIpc) is 3.24. The van der Waals surface area contributed by atoms with Crippen molar-refractivity contribution in [2.45, 2.75) is 0 Å². The predicted octanol–water partition coefficient (Wildman–Crippen LogP) is 3.21. The summed E-state index contributed by atoms with van der Waals surface area (Å²) >= 11 is 1.35. The second-order valence-electron chi connectivity index (χ2n) is 6.46. The number of nitrogens with zero attached hydrogens (tertiary/aromatic N) is 5. The molecule has 4 rings (SSSR count). The Hall–Kier alpha value is -3.40. The van der Waals surface area contributed by atoms with Crippen LogP contribution in [-0.2, 0) is 0 Å². The zero-order chi connectivity index (χ0) is 20.4. The highest BCUT2D eigenvalue weighted by Crippen LogP contribution is 2.25. The lowest BCUT2D eigenvalue weighted by atomic mass is 10.2. The van der Waals surface area contributed by atoms with Crippen molar-refractivity contribution in [3.63, 3.8) is 0 Å². The fourth-order valence-electron chi connectivity index (χ4n) is 3.07. The van der Waals surface area contributed by atoms with Gasteiger partial charge in [-0.3, -0.25) is 14.9 Å². The summed E-state index contributed by atoms with van der Waals surface area (Å²) in [5, 5.41) is 13.1. The smallest absolute Gasteiger partial charge is 0.287 e. The van der Waals surface area contributed by atoms with E-state index < -0.39 is 4.92 Å². The van der Waals surface area contributed by atoms with Gasteiger partial charge in [0.25, 0.3) is 11.6 Å². The fraction of sp³-hybridized carbons (Fsp3) is 0.211. The minimum Gasteiger partial charge on any atom is -0.353 e. The molecule has 0 saturated carbocycles. The van der Waals surface area contributed by atoms with Crippen LogP contribution in [0.5, 0.6) is 0 Å². The maximum atomic E-state index is 13.1. The van der Waals surface area contributed by atoms with Crippen molar-refractivity contribution in [3.05, 3.63) is 69.6 Å². The topological polar surface area (TPSA) is 92.5 Å². The third-order valence-corrected chi connectivity index (χ3v) is 5.54. The van der Waals surface area contributed by atoms with E-state index in [-0.39, 0.29) is 17.4 Å². The van der Waals surface area contributed by atoms with Crippen LogP contribution in [0.15, 0.2) is 48.0 Å². The van der Waals surface area contributed by atoms with E-state index in [1.54, 1.807) is 28.5 Å². The van der Waals surface area contributed by atoms with Gasteiger partial charge in [-0.25, -0.2) is 14.4 Å². The van der Waals surface area contributed by atoms with Gasteiger partial charge >= 0.3 is 0 Å². The number of carbonyl (C=O) groups is 1. The number of hydrogen-bond donors (Lipinski definition) is 0. The lowest BCUT2D eigenvalue weighted by molar-refractivity contribution is -0.385. The zero-order valence-corrected chi connectivity index (χ0v) is 16.0. The highest BCUT2D eigenvalue weighted by Gasteiger charge is 2.25. The monoisotopic (exact) mass is 413 g/mol. The maximum Gasteiger partial charge on any atom is 0.287 e. The third kappa shape index (κ3) is 4.06. The van der Waals surface area contributed by atoms with Crippen LogP contribution in [0.4, 0.5) is 15.9 Å². The molecule has 0 bridgehead atoms. The van der Waals surface area contributed by atoms with Gasteiger partial charge in [0.15, 0.2) is 0 Å². The van der Waals surface area contributed by atoms with E-state index in [1.165, 1.54) is 35.7 Å². The van der Waals surface area contributed by atoms with Crippen molar-refractivity contribution in [1.82, 2.24) is 14.9 Å². The Balaban J connectivity index is 1.39. The van der Waals surface area contributed by atoms with Crippen LogP contribution in [0.3, 0.4) is 0 Å². The lowest BCUT2D eigenvalue weighted by Gasteiger charge is -2.35. The largest absolute Gasteiger partial charge is 0.353 e. The third-order valence-electron chi connectivity index (χ3n) is 4.65. The van der Waals surface area contributed by atoms with Crippen LogP contribution in [0.2, 0.25) is 0 Å². The molecule has 1 aliphatic heterocycles. The highest BCUT2D eigenvalue weighted by atomic mass is 32.1. The Bertz CT molecular complexity index is 1030. The van der Waals surface area contributed by atoms with Crippen molar-refractivity contribution in [3.8, 4) is 10.6 Å². The van der Waals surface area contributed by atoms with E-state index in [4.69, 9.17) is 0 Å².